The SMILES string of the molecule is COc1ccc(/C=N/NC(=O)c2cc(C)nc3ccccc23)cc1. The Morgan fingerprint density at radius 3 is 2.67 bits per heavy atom. The lowest BCUT2D eigenvalue weighted by molar-refractivity contribution is 0.0956. The van der Waals surface area contributed by atoms with E-state index in [0.717, 1.165) is 27.9 Å². The van der Waals surface area contributed by atoms with Crippen LogP contribution < -0.4 is 10.2 Å². The van der Waals surface area contributed by atoms with E-state index in [9.17, 15) is 4.79 Å². The summed E-state index contributed by atoms with van der Waals surface area (Å²) < 4.78 is 5.10. The number of hydrogen-bond donors (Lipinski definition) is 1. The van der Waals surface area contributed by atoms with Crippen LogP contribution in [0.5, 0.6) is 5.75 Å². The Hall–Kier alpha value is -3.21. The van der Waals surface area contributed by atoms with Gasteiger partial charge in [0.05, 0.1) is 24.4 Å². The predicted molar refractivity (Wildman–Crippen MR) is 94.5 cm³/mol. The van der Waals surface area contributed by atoms with Crippen LogP contribution in [0.3, 0.4) is 0 Å². The fraction of sp³-hybridized carbons (Fsp3) is 0.105. The Morgan fingerprint density at radius 2 is 1.92 bits per heavy atom. The lowest BCUT2D eigenvalue weighted by Gasteiger charge is -2.06. The van der Waals surface area contributed by atoms with E-state index in [4.69, 9.17) is 4.74 Å². The first-order chi connectivity index (χ1) is 11.7. The van der Waals surface area contributed by atoms with Crippen molar-refractivity contribution in [2.45, 2.75) is 6.92 Å². The van der Waals surface area contributed by atoms with Crippen molar-refractivity contribution in [3.05, 3.63) is 71.4 Å². The molecule has 0 aliphatic rings. The largest absolute Gasteiger partial charge is 0.497 e. The summed E-state index contributed by atoms with van der Waals surface area (Å²) in [7, 11) is 1.62. The molecule has 1 amide bonds. The number of para-hydroxylation sites is 1. The molecule has 0 atom stereocenters. The van der Waals surface area contributed by atoms with E-state index in [1.165, 1.54) is 0 Å². The number of nitrogens with zero attached hydrogens (tertiary/aromatic N) is 2. The predicted octanol–water partition coefficient (Wildman–Crippen LogP) is 3.32. The van der Waals surface area contributed by atoms with Crippen LogP contribution in [0.15, 0.2) is 59.7 Å². The molecule has 0 unspecified atom stereocenters. The maximum Gasteiger partial charge on any atom is 0.272 e. The van der Waals surface area contributed by atoms with Crippen LogP contribution in [0.4, 0.5) is 0 Å². The first-order valence-corrected chi connectivity index (χ1v) is 7.51. The molecule has 3 rings (SSSR count). The van der Waals surface area contributed by atoms with Gasteiger partial charge in [-0.05, 0) is 48.9 Å². The number of methoxy groups -OCH3 is 1. The molecule has 0 aliphatic heterocycles. The zero-order valence-electron chi connectivity index (χ0n) is 13.5. The van der Waals surface area contributed by atoms with E-state index in [1.54, 1.807) is 19.4 Å². The number of carbonyl (C=O) groups excluding carboxylic acids is 1. The Labute approximate surface area is 140 Å². The van der Waals surface area contributed by atoms with Crippen LogP contribution in [0.2, 0.25) is 0 Å². The van der Waals surface area contributed by atoms with Crippen molar-refractivity contribution in [2.75, 3.05) is 7.11 Å². The molecular formula is C19H17N3O2. The molecule has 0 saturated carbocycles. The number of ether oxygens (including phenoxy) is 1. The van der Waals surface area contributed by atoms with Gasteiger partial charge in [0.25, 0.3) is 5.91 Å². The minimum Gasteiger partial charge on any atom is -0.497 e. The van der Waals surface area contributed by atoms with Crippen LogP contribution in [0.1, 0.15) is 21.6 Å². The zero-order valence-corrected chi connectivity index (χ0v) is 13.5. The minimum absolute atomic E-state index is 0.263. The average Bonchev–Trinajstić information content (AvgIpc) is 2.61. The Kier molecular flexibility index (Phi) is 4.52. The summed E-state index contributed by atoms with van der Waals surface area (Å²) in [5.41, 5.74) is 5.58. The van der Waals surface area contributed by atoms with Crippen molar-refractivity contribution in [1.82, 2.24) is 10.4 Å². The number of pyridine rings is 1. The molecular weight excluding hydrogens is 302 g/mol. The summed E-state index contributed by atoms with van der Waals surface area (Å²) in [6.07, 6.45) is 1.59. The first-order valence-electron chi connectivity index (χ1n) is 7.51. The lowest BCUT2D eigenvalue weighted by Crippen LogP contribution is -2.18. The number of carbonyl (C=O) groups is 1. The molecule has 5 heteroatoms. The second-order valence-corrected chi connectivity index (χ2v) is 5.30. The van der Waals surface area contributed by atoms with E-state index < -0.39 is 0 Å². The highest BCUT2D eigenvalue weighted by atomic mass is 16.5. The fourth-order valence-corrected chi connectivity index (χ4v) is 2.41. The number of fused-ring (bicyclic) bond motifs is 1. The number of aromatic nitrogens is 1. The third kappa shape index (κ3) is 3.41. The highest BCUT2D eigenvalue weighted by Crippen LogP contribution is 2.18. The molecule has 0 bridgehead atoms. The Balaban J connectivity index is 1.78. The highest BCUT2D eigenvalue weighted by molar-refractivity contribution is 6.06. The van der Waals surface area contributed by atoms with Crippen LogP contribution >= 0.6 is 0 Å². The van der Waals surface area contributed by atoms with Crippen LogP contribution in [0, 0.1) is 6.92 Å². The summed E-state index contributed by atoms with van der Waals surface area (Å²) in [4.78, 5) is 16.9. The molecule has 0 spiro atoms. The summed E-state index contributed by atoms with van der Waals surface area (Å²) in [5, 5.41) is 4.83. The summed E-state index contributed by atoms with van der Waals surface area (Å²) in [6, 6.07) is 16.7. The van der Waals surface area contributed by atoms with Gasteiger partial charge in [-0.2, -0.15) is 5.10 Å². The normalized spacial score (nSPS) is 10.9. The van der Waals surface area contributed by atoms with E-state index >= 15 is 0 Å². The molecule has 0 fully saturated rings. The van der Waals surface area contributed by atoms with E-state index in [-0.39, 0.29) is 5.91 Å². The molecule has 1 heterocycles. The second kappa shape index (κ2) is 6.91. The number of nitrogens with one attached hydrogen (secondary N) is 1. The van der Waals surface area contributed by atoms with Gasteiger partial charge in [0.1, 0.15) is 5.75 Å². The Morgan fingerprint density at radius 1 is 1.17 bits per heavy atom. The summed E-state index contributed by atoms with van der Waals surface area (Å²) in [5.74, 6) is 0.511. The van der Waals surface area contributed by atoms with Crippen molar-refractivity contribution in [2.24, 2.45) is 5.10 Å². The number of amides is 1. The van der Waals surface area contributed by atoms with Gasteiger partial charge in [-0.25, -0.2) is 5.43 Å². The van der Waals surface area contributed by atoms with Crippen molar-refractivity contribution in [3.63, 3.8) is 0 Å². The van der Waals surface area contributed by atoms with Gasteiger partial charge in [-0.15, -0.1) is 0 Å². The molecule has 24 heavy (non-hydrogen) atoms. The maximum absolute atomic E-state index is 12.4. The highest BCUT2D eigenvalue weighted by Gasteiger charge is 2.10. The standard InChI is InChI=1S/C19H17N3O2/c1-13-11-17(16-5-3-4-6-18(16)21-13)19(23)22-20-12-14-7-9-15(24-2)10-8-14/h3-12H,1-2H3,(H,22,23)/b20-12+. The number of rotatable bonds is 4. The van der Waals surface area contributed by atoms with E-state index in [0.29, 0.717) is 5.56 Å². The summed E-state index contributed by atoms with van der Waals surface area (Å²) in [6.45, 7) is 1.86. The van der Waals surface area contributed by atoms with Gasteiger partial charge < -0.3 is 4.74 Å². The van der Waals surface area contributed by atoms with Crippen molar-refractivity contribution in [3.8, 4) is 5.75 Å². The third-order valence-corrected chi connectivity index (χ3v) is 3.58. The molecule has 3 aromatic rings. The van der Waals surface area contributed by atoms with Gasteiger partial charge in [0.2, 0.25) is 0 Å². The molecule has 0 saturated heterocycles. The van der Waals surface area contributed by atoms with E-state index in [1.807, 2.05) is 55.5 Å². The first kappa shape index (κ1) is 15.7. The van der Waals surface area contributed by atoms with Crippen molar-refractivity contribution >= 4 is 23.0 Å². The Bertz CT molecular complexity index is 902. The number of benzene rings is 2. The fourth-order valence-electron chi connectivity index (χ4n) is 2.41. The molecule has 120 valence electrons. The smallest absolute Gasteiger partial charge is 0.272 e. The topological polar surface area (TPSA) is 63.6 Å². The number of hydrogen-bond acceptors (Lipinski definition) is 4. The summed E-state index contributed by atoms with van der Waals surface area (Å²) >= 11 is 0. The van der Waals surface area contributed by atoms with E-state index in [2.05, 4.69) is 15.5 Å². The molecule has 0 radical (unpaired) electrons. The van der Waals surface area contributed by atoms with Gasteiger partial charge in [0.15, 0.2) is 0 Å². The minimum atomic E-state index is -0.263. The van der Waals surface area contributed by atoms with Crippen LogP contribution in [-0.4, -0.2) is 24.2 Å². The molecule has 1 aromatic heterocycles. The van der Waals surface area contributed by atoms with Crippen LogP contribution in [-0.2, 0) is 0 Å². The quantitative estimate of drug-likeness (QED) is 0.593. The molecule has 1 N–H and O–H groups in total. The van der Waals surface area contributed by atoms with Crippen molar-refractivity contribution in [1.29, 1.82) is 0 Å². The zero-order chi connectivity index (χ0) is 16.9. The third-order valence-electron chi connectivity index (χ3n) is 3.58. The van der Waals surface area contributed by atoms with Crippen LogP contribution in [0.25, 0.3) is 10.9 Å². The average molecular weight is 319 g/mol. The van der Waals surface area contributed by atoms with Gasteiger partial charge in [0, 0.05) is 11.1 Å². The second-order valence-electron chi connectivity index (χ2n) is 5.30. The molecule has 2 aromatic carbocycles. The number of aryl methyl sites for hydroxylation is 1. The monoisotopic (exact) mass is 319 g/mol. The molecule has 5 nitrogen and oxygen atoms in total. The molecule has 0 aliphatic carbocycles. The number of hydrazone groups is 1. The lowest BCUT2D eigenvalue weighted by atomic mass is 10.1. The van der Waals surface area contributed by atoms with Gasteiger partial charge >= 0.3 is 0 Å². The van der Waals surface area contributed by atoms with Crippen molar-refractivity contribution < 1.29 is 9.53 Å². The van der Waals surface area contributed by atoms with Gasteiger partial charge in [-0.3, -0.25) is 9.78 Å². The van der Waals surface area contributed by atoms with Gasteiger partial charge in [-0.1, -0.05) is 18.2 Å². The maximum atomic E-state index is 12.4.